The number of hydrogen-bond acceptors (Lipinski definition) is 1. The van der Waals surface area contributed by atoms with E-state index in [1.807, 2.05) is 0 Å². The van der Waals surface area contributed by atoms with Gasteiger partial charge in [-0.15, -0.1) is 0 Å². The average Bonchev–Trinajstić information content (AvgIpc) is 2.29. The van der Waals surface area contributed by atoms with Crippen LogP contribution in [0.5, 0.6) is 0 Å². The highest BCUT2D eigenvalue weighted by Gasteiger charge is 2.27. The molecule has 0 bridgehead atoms. The molecule has 16 heavy (non-hydrogen) atoms. The molecule has 1 N–H and O–H groups in total. The van der Waals surface area contributed by atoms with Crippen molar-refractivity contribution in [2.45, 2.75) is 78.2 Å². The van der Waals surface area contributed by atoms with Gasteiger partial charge in [0.15, 0.2) is 0 Å². The van der Waals surface area contributed by atoms with Crippen molar-refractivity contribution in [2.24, 2.45) is 17.8 Å². The predicted octanol–water partition coefficient (Wildman–Crippen LogP) is 4.39. The van der Waals surface area contributed by atoms with Crippen molar-refractivity contribution in [1.29, 1.82) is 0 Å². The summed E-state index contributed by atoms with van der Waals surface area (Å²) in [5.74, 6) is 2.35. The van der Waals surface area contributed by atoms with Crippen LogP contribution in [0.25, 0.3) is 0 Å². The summed E-state index contributed by atoms with van der Waals surface area (Å²) in [5, 5.41) is 10.1. The van der Waals surface area contributed by atoms with Gasteiger partial charge >= 0.3 is 0 Å². The fourth-order valence-corrected chi connectivity index (χ4v) is 3.04. The maximum absolute atomic E-state index is 10.1. The second kappa shape index (κ2) is 7.32. The van der Waals surface area contributed by atoms with Gasteiger partial charge in [-0.1, -0.05) is 40.0 Å². The summed E-state index contributed by atoms with van der Waals surface area (Å²) in [6.45, 7) is 6.89. The SMILES string of the molecule is CCCCCC(O)C1CCC(C(C)C)CC1. The molecule has 0 aromatic carbocycles. The van der Waals surface area contributed by atoms with E-state index in [4.69, 9.17) is 0 Å². The van der Waals surface area contributed by atoms with E-state index in [1.165, 1.54) is 44.9 Å². The van der Waals surface area contributed by atoms with Crippen LogP contribution in [0.15, 0.2) is 0 Å². The minimum absolute atomic E-state index is 0.0142. The maximum atomic E-state index is 10.1. The number of unbranched alkanes of at least 4 members (excludes halogenated alkanes) is 2. The molecule has 1 heteroatoms. The van der Waals surface area contributed by atoms with E-state index in [1.54, 1.807) is 0 Å². The minimum atomic E-state index is -0.0142. The lowest BCUT2D eigenvalue weighted by Gasteiger charge is -2.33. The van der Waals surface area contributed by atoms with Gasteiger partial charge in [0.1, 0.15) is 0 Å². The van der Waals surface area contributed by atoms with Crippen LogP contribution < -0.4 is 0 Å². The van der Waals surface area contributed by atoms with E-state index in [9.17, 15) is 5.11 Å². The van der Waals surface area contributed by atoms with Crippen molar-refractivity contribution in [3.05, 3.63) is 0 Å². The van der Waals surface area contributed by atoms with Crippen molar-refractivity contribution in [2.75, 3.05) is 0 Å². The van der Waals surface area contributed by atoms with E-state index in [0.29, 0.717) is 5.92 Å². The molecule has 96 valence electrons. The van der Waals surface area contributed by atoms with Gasteiger partial charge in [-0.05, 0) is 49.9 Å². The Labute approximate surface area is 102 Å². The fourth-order valence-electron chi connectivity index (χ4n) is 3.04. The molecule has 0 spiro atoms. The normalized spacial score (nSPS) is 28.3. The third kappa shape index (κ3) is 4.45. The molecule has 1 saturated carbocycles. The molecule has 0 amide bonds. The first-order valence-electron chi connectivity index (χ1n) is 7.33. The van der Waals surface area contributed by atoms with Crippen LogP contribution in [0.4, 0.5) is 0 Å². The van der Waals surface area contributed by atoms with E-state index < -0.39 is 0 Å². The smallest absolute Gasteiger partial charge is 0.0568 e. The summed E-state index contributed by atoms with van der Waals surface area (Å²) in [5.41, 5.74) is 0. The molecular weight excluding hydrogens is 196 g/mol. The van der Waals surface area contributed by atoms with Gasteiger partial charge in [0, 0.05) is 0 Å². The Morgan fingerprint density at radius 1 is 1.00 bits per heavy atom. The lowest BCUT2D eigenvalue weighted by Crippen LogP contribution is -2.27. The first-order chi connectivity index (χ1) is 7.65. The van der Waals surface area contributed by atoms with Gasteiger partial charge in [0.25, 0.3) is 0 Å². The van der Waals surface area contributed by atoms with Crippen molar-refractivity contribution in [3.8, 4) is 0 Å². The largest absolute Gasteiger partial charge is 0.393 e. The molecule has 1 aliphatic rings. The van der Waals surface area contributed by atoms with Crippen molar-refractivity contribution < 1.29 is 5.11 Å². The summed E-state index contributed by atoms with van der Waals surface area (Å²) < 4.78 is 0. The Balaban J connectivity index is 2.19. The number of aliphatic hydroxyl groups is 1. The van der Waals surface area contributed by atoms with Gasteiger partial charge < -0.3 is 5.11 Å². The Kier molecular flexibility index (Phi) is 6.41. The lowest BCUT2D eigenvalue weighted by atomic mass is 9.74. The fraction of sp³-hybridized carbons (Fsp3) is 1.00. The molecule has 0 aromatic heterocycles. The molecule has 1 rings (SSSR count). The Hall–Kier alpha value is -0.0400. The minimum Gasteiger partial charge on any atom is -0.393 e. The quantitative estimate of drug-likeness (QED) is 0.666. The monoisotopic (exact) mass is 226 g/mol. The number of rotatable bonds is 6. The summed E-state index contributed by atoms with van der Waals surface area (Å²) in [6.07, 6.45) is 9.96. The average molecular weight is 226 g/mol. The molecule has 1 nitrogen and oxygen atoms in total. The molecule has 0 saturated heterocycles. The van der Waals surface area contributed by atoms with Crippen molar-refractivity contribution in [1.82, 2.24) is 0 Å². The van der Waals surface area contributed by atoms with Gasteiger partial charge in [-0.2, -0.15) is 0 Å². The van der Waals surface area contributed by atoms with Gasteiger partial charge in [0.05, 0.1) is 6.10 Å². The Morgan fingerprint density at radius 2 is 1.56 bits per heavy atom. The molecule has 0 heterocycles. The van der Waals surface area contributed by atoms with Crippen LogP contribution in [0.3, 0.4) is 0 Å². The standard InChI is InChI=1S/C15H30O/c1-4-5-6-7-15(16)14-10-8-13(9-11-14)12(2)3/h12-16H,4-11H2,1-3H3. The zero-order chi connectivity index (χ0) is 12.0. The lowest BCUT2D eigenvalue weighted by molar-refractivity contribution is 0.0589. The maximum Gasteiger partial charge on any atom is 0.0568 e. The molecule has 1 atom stereocenters. The van der Waals surface area contributed by atoms with Crippen LogP contribution in [-0.4, -0.2) is 11.2 Å². The van der Waals surface area contributed by atoms with Crippen LogP contribution in [-0.2, 0) is 0 Å². The highest BCUT2D eigenvalue weighted by atomic mass is 16.3. The van der Waals surface area contributed by atoms with E-state index in [2.05, 4.69) is 20.8 Å². The van der Waals surface area contributed by atoms with E-state index in [-0.39, 0.29) is 6.10 Å². The van der Waals surface area contributed by atoms with Crippen molar-refractivity contribution >= 4 is 0 Å². The first-order valence-corrected chi connectivity index (χ1v) is 7.33. The zero-order valence-electron chi connectivity index (χ0n) is 11.4. The summed E-state index contributed by atoms with van der Waals surface area (Å²) in [4.78, 5) is 0. The molecule has 0 aromatic rings. The van der Waals surface area contributed by atoms with Crippen LogP contribution in [0.1, 0.15) is 72.1 Å². The topological polar surface area (TPSA) is 20.2 Å². The van der Waals surface area contributed by atoms with E-state index >= 15 is 0 Å². The van der Waals surface area contributed by atoms with E-state index in [0.717, 1.165) is 18.3 Å². The number of hydrogen-bond donors (Lipinski definition) is 1. The van der Waals surface area contributed by atoms with Crippen LogP contribution in [0.2, 0.25) is 0 Å². The number of aliphatic hydroxyl groups excluding tert-OH is 1. The third-order valence-electron chi connectivity index (χ3n) is 4.41. The van der Waals surface area contributed by atoms with Crippen LogP contribution in [0, 0.1) is 17.8 Å². The molecular formula is C15H30O. The third-order valence-corrected chi connectivity index (χ3v) is 4.41. The second-order valence-corrected chi connectivity index (χ2v) is 5.98. The molecule has 1 fully saturated rings. The van der Waals surface area contributed by atoms with Gasteiger partial charge in [0.2, 0.25) is 0 Å². The second-order valence-electron chi connectivity index (χ2n) is 5.98. The van der Waals surface area contributed by atoms with Crippen molar-refractivity contribution in [3.63, 3.8) is 0 Å². The Bertz CT molecular complexity index is 168. The Morgan fingerprint density at radius 3 is 2.06 bits per heavy atom. The molecule has 1 unspecified atom stereocenters. The molecule has 0 radical (unpaired) electrons. The highest BCUT2D eigenvalue weighted by Crippen LogP contribution is 2.35. The van der Waals surface area contributed by atoms with Gasteiger partial charge in [-0.25, -0.2) is 0 Å². The molecule has 0 aliphatic heterocycles. The van der Waals surface area contributed by atoms with Crippen LogP contribution >= 0.6 is 0 Å². The first kappa shape index (κ1) is 14.0. The summed E-state index contributed by atoms with van der Waals surface area (Å²) >= 11 is 0. The molecule has 1 aliphatic carbocycles. The van der Waals surface area contributed by atoms with Gasteiger partial charge in [-0.3, -0.25) is 0 Å². The zero-order valence-corrected chi connectivity index (χ0v) is 11.4. The predicted molar refractivity (Wildman–Crippen MR) is 70.4 cm³/mol. The highest BCUT2D eigenvalue weighted by molar-refractivity contribution is 4.78. The summed E-state index contributed by atoms with van der Waals surface area (Å²) in [6, 6.07) is 0. The summed E-state index contributed by atoms with van der Waals surface area (Å²) in [7, 11) is 0.